The lowest BCUT2D eigenvalue weighted by Gasteiger charge is -2.21. The van der Waals surface area contributed by atoms with Crippen LogP contribution in [0.3, 0.4) is 0 Å². The highest BCUT2D eigenvalue weighted by molar-refractivity contribution is 7.47. The zero-order valence-corrected chi connectivity index (χ0v) is 68.4. The molecule has 0 radical (unpaired) electrons. The van der Waals surface area contributed by atoms with Crippen molar-refractivity contribution in [2.75, 3.05) is 39.6 Å². The molecule has 0 saturated carbocycles. The van der Waals surface area contributed by atoms with Crippen LogP contribution in [0.15, 0.2) is 0 Å². The van der Waals surface area contributed by atoms with Crippen molar-refractivity contribution < 1.29 is 80.2 Å². The molecular formula is C83H162O17P2. The van der Waals surface area contributed by atoms with Gasteiger partial charge >= 0.3 is 39.5 Å². The number of aliphatic hydroxyl groups excluding tert-OH is 1. The molecule has 3 N–H and O–H groups in total. The molecule has 0 saturated heterocycles. The molecule has 0 spiro atoms. The average molecular weight is 1490 g/mol. The van der Waals surface area contributed by atoms with E-state index in [0.717, 1.165) is 89.9 Å². The lowest BCUT2D eigenvalue weighted by molar-refractivity contribution is -0.161. The molecule has 606 valence electrons. The predicted molar refractivity (Wildman–Crippen MR) is 419 cm³/mol. The first-order valence-electron chi connectivity index (χ1n) is 43.3. The predicted octanol–water partition coefficient (Wildman–Crippen LogP) is 25.4. The molecule has 17 nitrogen and oxygen atoms in total. The minimum atomic E-state index is -4.96. The first-order chi connectivity index (χ1) is 49.7. The third kappa shape index (κ3) is 76.3. The summed E-state index contributed by atoms with van der Waals surface area (Å²) < 4.78 is 68.8. The van der Waals surface area contributed by atoms with Crippen molar-refractivity contribution in [1.82, 2.24) is 0 Å². The van der Waals surface area contributed by atoms with E-state index in [-0.39, 0.29) is 25.7 Å². The quantitative estimate of drug-likeness (QED) is 0.0222. The lowest BCUT2D eigenvalue weighted by atomic mass is 10.0. The Morgan fingerprint density at radius 3 is 0.578 bits per heavy atom. The molecule has 2 unspecified atom stereocenters. The highest BCUT2D eigenvalue weighted by Gasteiger charge is 2.30. The second-order valence-corrected chi connectivity index (χ2v) is 32.8. The summed E-state index contributed by atoms with van der Waals surface area (Å²) in [4.78, 5) is 73.2. The Balaban J connectivity index is 5.25. The maximum absolute atomic E-state index is 13.1. The number of unbranched alkanes of at least 4 members (excludes halogenated alkanes) is 58. The number of esters is 4. The zero-order chi connectivity index (χ0) is 74.6. The molecule has 0 rings (SSSR count). The van der Waals surface area contributed by atoms with E-state index in [1.165, 1.54) is 283 Å². The smallest absolute Gasteiger partial charge is 0.462 e. The minimum absolute atomic E-state index is 0.109. The summed E-state index contributed by atoms with van der Waals surface area (Å²) >= 11 is 0. The fourth-order valence-corrected chi connectivity index (χ4v) is 14.6. The van der Waals surface area contributed by atoms with E-state index in [9.17, 15) is 43.2 Å². The first-order valence-corrected chi connectivity index (χ1v) is 46.3. The Bertz CT molecular complexity index is 1930. The van der Waals surface area contributed by atoms with Crippen LogP contribution in [0.4, 0.5) is 0 Å². The monoisotopic (exact) mass is 1490 g/mol. The van der Waals surface area contributed by atoms with Crippen molar-refractivity contribution in [3.05, 3.63) is 0 Å². The number of phosphoric ester groups is 2. The third-order valence-electron chi connectivity index (χ3n) is 19.6. The Kier molecular flexibility index (Phi) is 75.8. The van der Waals surface area contributed by atoms with Gasteiger partial charge in [0, 0.05) is 25.7 Å². The summed E-state index contributed by atoms with van der Waals surface area (Å²) in [7, 11) is -9.92. The third-order valence-corrected chi connectivity index (χ3v) is 21.5. The van der Waals surface area contributed by atoms with E-state index < -0.39 is 97.5 Å². The van der Waals surface area contributed by atoms with Crippen LogP contribution < -0.4 is 0 Å². The van der Waals surface area contributed by atoms with Crippen molar-refractivity contribution in [2.24, 2.45) is 0 Å². The second-order valence-electron chi connectivity index (χ2n) is 29.9. The highest BCUT2D eigenvalue weighted by atomic mass is 31.2. The molecule has 0 fully saturated rings. The molecule has 0 aliphatic rings. The van der Waals surface area contributed by atoms with Gasteiger partial charge in [0.05, 0.1) is 26.4 Å². The number of hydrogen-bond donors (Lipinski definition) is 3. The standard InChI is InChI=1S/C83H162O17P2/c1-5-9-13-17-21-25-29-33-36-38-41-44-47-51-55-59-63-67-80(85)93-73-78(99-82(87)69-65-61-57-53-49-43-32-28-24-20-16-12-8-4)75-97-101(89,90)95-71-77(84)72-96-102(91,92)98-76-79(100-83(88)70-66-62-58-54-50-46-40-35-31-27-23-19-15-11-7-3)74-94-81(86)68-64-60-56-52-48-45-42-39-37-34-30-26-22-18-14-10-6-2/h77-79,84H,5-76H2,1-4H3,(H,89,90)(H,91,92)/t77-,78+,79+/m0/s1. The number of ether oxygens (including phenoxy) is 4. The van der Waals surface area contributed by atoms with Gasteiger partial charge in [-0.05, 0) is 25.7 Å². The van der Waals surface area contributed by atoms with Gasteiger partial charge in [-0.1, -0.05) is 400 Å². The van der Waals surface area contributed by atoms with Crippen molar-refractivity contribution in [2.45, 2.75) is 470 Å². The van der Waals surface area contributed by atoms with Gasteiger partial charge in [-0.15, -0.1) is 0 Å². The van der Waals surface area contributed by atoms with Crippen molar-refractivity contribution in [1.29, 1.82) is 0 Å². The van der Waals surface area contributed by atoms with Crippen molar-refractivity contribution >= 4 is 39.5 Å². The molecule has 19 heteroatoms. The molecule has 0 aromatic carbocycles. The second kappa shape index (κ2) is 77.2. The van der Waals surface area contributed by atoms with Gasteiger partial charge in [0.25, 0.3) is 0 Å². The molecule has 0 bridgehead atoms. The van der Waals surface area contributed by atoms with Gasteiger partial charge in [-0.3, -0.25) is 37.3 Å². The van der Waals surface area contributed by atoms with Crippen molar-refractivity contribution in [3.63, 3.8) is 0 Å². The van der Waals surface area contributed by atoms with E-state index in [0.29, 0.717) is 25.7 Å². The van der Waals surface area contributed by atoms with Gasteiger partial charge in [-0.2, -0.15) is 0 Å². The summed E-state index contributed by atoms with van der Waals surface area (Å²) in [5.41, 5.74) is 0. The minimum Gasteiger partial charge on any atom is -0.462 e. The van der Waals surface area contributed by atoms with Crippen LogP contribution in [0.1, 0.15) is 451 Å². The largest absolute Gasteiger partial charge is 0.472 e. The van der Waals surface area contributed by atoms with Crippen LogP contribution in [0, 0.1) is 0 Å². The van der Waals surface area contributed by atoms with Gasteiger partial charge in [-0.25, -0.2) is 9.13 Å². The lowest BCUT2D eigenvalue weighted by Crippen LogP contribution is -2.30. The fraction of sp³-hybridized carbons (Fsp3) is 0.952. The average Bonchev–Trinajstić information content (AvgIpc) is 0.908. The maximum Gasteiger partial charge on any atom is 0.472 e. The molecule has 0 heterocycles. The summed E-state index contributed by atoms with van der Waals surface area (Å²) in [5, 5.41) is 10.7. The number of rotatable bonds is 84. The molecule has 0 aliphatic heterocycles. The number of aliphatic hydroxyl groups is 1. The van der Waals surface area contributed by atoms with Gasteiger partial charge in [0.15, 0.2) is 12.2 Å². The number of hydrogen-bond acceptors (Lipinski definition) is 15. The molecule has 0 aliphatic carbocycles. The highest BCUT2D eigenvalue weighted by Crippen LogP contribution is 2.45. The molecule has 102 heavy (non-hydrogen) atoms. The molecule has 0 aromatic heterocycles. The van der Waals surface area contributed by atoms with Crippen LogP contribution in [0.5, 0.6) is 0 Å². The summed E-state index contributed by atoms with van der Waals surface area (Å²) in [6.45, 7) is 5.05. The molecule has 0 aromatic rings. The summed E-state index contributed by atoms with van der Waals surface area (Å²) in [6, 6.07) is 0. The van der Waals surface area contributed by atoms with E-state index >= 15 is 0 Å². The Morgan fingerprint density at radius 1 is 0.235 bits per heavy atom. The SMILES string of the molecule is CCCCCCCCCCCCCCCCCCCC(=O)OC[C@H](COP(=O)(O)OC[C@H](O)COP(=O)(O)OC[C@@H](COC(=O)CCCCCCCCCCCCCCCCCCC)OC(=O)CCCCCCCCCCCCCCCCC)OC(=O)CCCCCCCCCCCCCCC. The van der Waals surface area contributed by atoms with Crippen molar-refractivity contribution in [3.8, 4) is 0 Å². The van der Waals surface area contributed by atoms with Gasteiger partial charge < -0.3 is 33.8 Å². The fourth-order valence-electron chi connectivity index (χ4n) is 13.0. The zero-order valence-electron chi connectivity index (χ0n) is 66.6. The van der Waals surface area contributed by atoms with E-state index in [4.69, 9.17) is 37.0 Å². The molecule has 5 atom stereocenters. The van der Waals surface area contributed by atoms with Gasteiger partial charge in [0.1, 0.15) is 19.3 Å². The summed E-state index contributed by atoms with van der Waals surface area (Å²) in [5.74, 6) is -2.10. The number of phosphoric acid groups is 2. The molecule has 0 amide bonds. The number of carbonyl (C=O) groups is 4. The van der Waals surface area contributed by atoms with Crippen LogP contribution >= 0.6 is 15.6 Å². The molecular weight excluding hydrogens is 1330 g/mol. The Labute approximate surface area is 626 Å². The Hall–Kier alpha value is -1.94. The first kappa shape index (κ1) is 100. The number of carbonyl (C=O) groups excluding carboxylic acids is 4. The van der Waals surface area contributed by atoms with Crippen LogP contribution in [-0.2, 0) is 65.4 Å². The Morgan fingerprint density at radius 2 is 0.392 bits per heavy atom. The van der Waals surface area contributed by atoms with E-state index in [1.807, 2.05) is 0 Å². The normalized spacial score (nSPS) is 13.8. The summed E-state index contributed by atoms with van der Waals surface area (Å²) in [6.07, 6.45) is 70.6. The van der Waals surface area contributed by atoms with Crippen LogP contribution in [0.25, 0.3) is 0 Å². The van der Waals surface area contributed by atoms with Crippen LogP contribution in [0.2, 0.25) is 0 Å². The maximum atomic E-state index is 13.1. The van der Waals surface area contributed by atoms with Crippen LogP contribution in [-0.4, -0.2) is 96.7 Å². The van der Waals surface area contributed by atoms with E-state index in [2.05, 4.69) is 27.7 Å². The topological polar surface area (TPSA) is 237 Å². The van der Waals surface area contributed by atoms with Gasteiger partial charge in [0.2, 0.25) is 0 Å². The van der Waals surface area contributed by atoms with E-state index in [1.54, 1.807) is 0 Å².